The molecule has 0 radical (unpaired) electrons. The summed E-state index contributed by atoms with van der Waals surface area (Å²) in [7, 11) is -1.97. The summed E-state index contributed by atoms with van der Waals surface area (Å²) in [6.45, 7) is 0.714. The second kappa shape index (κ2) is 8.09. The Labute approximate surface area is 159 Å². The fraction of sp³-hybridized carbons (Fsp3) is 0.611. The Kier molecular flexibility index (Phi) is 5.99. The van der Waals surface area contributed by atoms with Crippen molar-refractivity contribution in [2.24, 2.45) is 0 Å². The van der Waals surface area contributed by atoms with E-state index in [1.807, 2.05) is 0 Å². The normalized spacial score (nSPS) is 20.0. The van der Waals surface area contributed by atoms with Gasteiger partial charge in [0.1, 0.15) is 5.69 Å². The van der Waals surface area contributed by atoms with Crippen LogP contribution in [0.25, 0.3) is 0 Å². The zero-order valence-electron chi connectivity index (χ0n) is 15.4. The van der Waals surface area contributed by atoms with Gasteiger partial charge in [0, 0.05) is 39.3 Å². The molecule has 1 saturated heterocycles. The van der Waals surface area contributed by atoms with Gasteiger partial charge in [-0.1, -0.05) is 19.3 Å². The second-order valence-electron chi connectivity index (χ2n) is 7.10. The fourth-order valence-corrected chi connectivity index (χ4v) is 5.47. The molecule has 1 heterocycles. The second-order valence-corrected chi connectivity index (χ2v) is 9.09. The minimum atomic E-state index is -3.59. The number of piperazine rings is 1. The van der Waals surface area contributed by atoms with Crippen molar-refractivity contribution >= 4 is 15.9 Å². The standard InChI is InChI=1S/C18H24F2N4O2S/c1-22(15-5-3-2-4-6-15)27(25,26)24-9-7-23(8-10-24)18-16(19)11-14(13-21)12-17(18)20/h11-12,15H,2-10H2,1H3. The van der Waals surface area contributed by atoms with E-state index in [1.54, 1.807) is 13.1 Å². The molecular weight excluding hydrogens is 374 g/mol. The lowest BCUT2D eigenvalue weighted by Gasteiger charge is -2.39. The van der Waals surface area contributed by atoms with E-state index < -0.39 is 21.8 Å². The number of nitrogens with zero attached hydrogens (tertiary/aromatic N) is 4. The van der Waals surface area contributed by atoms with Crippen LogP contribution < -0.4 is 4.90 Å². The number of benzene rings is 1. The van der Waals surface area contributed by atoms with Crippen molar-refractivity contribution in [2.45, 2.75) is 38.1 Å². The van der Waals surface area contributed by atoms with E-state index in [0.717, 1.165) is 44.2 Å². The third-order valence-electron chi connectivity index (χ3n) is 5.48. The van der Waals surface area contributed by atoms with E-state index in [4.69, 9.17) is 5.26 Å². The average molecular weight is 398 g/mol. The molecule has 9 heteroatoms. The molecule has 6 nitrogen and oxygen atoms in total. The fourth-order valence-electron chi connectivity index (χ4n) is 3.89. The van der Waals surface area contributed by atoms with E-state index >= 15 is 0 Å². The van der Waals surface area contributed by atoms with Crippen LogP contribution in [-0.2, 0) is 10.2 Å². The number of halogens is 2. The van der Waals surface area contributed by atoms with Gasteiger partial charge in [0.2, 0.25) is 0 Å². The van der Waals surface area contributed by atoms with Gasteiger partial charge in [-0.25, -0.2) is 8.78 Å². The SMILES string of the molecule is CN(C1CCCCC1)S(=O)(=O)N1CCN(c2c(F)cc(C#N)cc2F)CC1. The van der Waals surface area contributed by atoms with Gasteiger partial charge in [0.05, 0.1) is 11.6 Å². The molecule has 2 fully saturated rings. The first kappa shape index (κ1) is 20.0. The predicted octanol–water partition coefficient (Wildman–Crippen LogP) is 2.47. The first-order chi connectivity index (χ1) is 12.8. The minimum Gasteiger partial charge on any atom is -0.364 e. The van der Waals surface area contributed by atoms with Crippen molar-refractivity contribution in [3.63, 3.8) is 0 Å². The van der Waals surface area contributed by atoms with Gasteiger partial charge in [-0.2, -0.15) is 22.3 Å². The molecular formula is C18H24F2N4O2S. The first-order valence-corrected chi connectivity index (χ1v) is 10.6. The molecule has 1 aromatic carbocycles. The molecule has 3 rings (SSSR count). The van der Waals surface area contributed by atoms with Gasteiger partial charge in [-0.15, -0.1) is 0 Å². The van der Waals surface area contributed by atoms with Crippen LogP contribution >= 0.6 is 0 Å². The summed E-state index contributed by atoms with van der Waals surface area (Å²) in [6.07, 6.45) is 4.96. The Morgan fingerprint density at radius 3 is 2.15 bits per heavy atom. The Morgan fingerprint density at radius 2 is 1.63 bits per heavy atom. The maximum atomic E-state index is 14.2. The molecule has 0 amide bonds. The molecule has 0 aromatic heterocycles. The quantitative estimate of drug-likeness (QED) is 0.781. The van der Waals surface area contributed by atoms with Crippen molar-refractivity contribution in [3.8, 4) is 6.07 Å². The topological polar surface area (TPSA) is 67.7 Å². The smallest absolute Gasteiger partial charge is 0.282 e. The van der Waals surface area contributed by atoms with Crippen LogP contribution in [-0.4, -0.2) is 56.3 Å². The number of hydrogen-bond acceptors (Lipinski definition) is 4. The van der Waals surface area contributed by atoms with Crippen LogP contribution in [0.3, 0.4) is 0 Å². The van der Waals surface area contributed by atoms with E-state index in [-0.39, 0.29) is 43.5 Å². The molecule has 148 valence electrons. The summed E-state index contributed by atoms with van der Waals surface area (Å²) in [5.74, 6) is -1.61. The summed E-state index contributed by atoms with van der Waals surface area (Å²) in [4.78, 5) is 1.50. The zero-order valence-corrected chi connectivity index (χ0v) is 16.2. The van der Waals surface area contributed by atoms with Crippen molar-refractivity contribution in [1.82, 2.24) is 8.61 Å². The van der Waals surface area contributed by atoms with Crippen LogP contribution in [0.15, 0.2) is 12.1 Å². The maximum Gasteiger partial charge on any atom is 0.282 e. The third kappa shape index (κ3) is 4.08. The highest BCUT2D eigenvalue weighted by atomic mass is 32.2. The lowest BCUT2D eigenvalue weighted by molar-refractivity contribution is 0.259. The van der Waals surface area contributed by atoms with E-state index in [0.29, 0.717) is 0 Å². The molecule has 2 aliphatic rings. The molecule has 27 heavy (non-hydrogen) atoms. The number of hydrogen-bond donors (Lipinski definition) is 0. The minimum absolute atomic E-state index is 0.0233. The van der Waals surface area contributed by atoms with Gasteiger partial charge in [-0.3, -0.25) is 0 Å². The van der Waals surface area contributed by atoms with Crippen molar-refractivity contribution in [3.05, 3.63) is 29.3 Å². The lowest BCUT2D eigenvalue weighted by Crippen LogP contribution is -2.54. The van der Waals surface area contributed by atoms with Crippen LogP contribution in [0.1, 0.15) is 37.7 Å². The molecule has 1 aromatic rings. The Bertz CT molecular complexity index is 803. The molecule has 1 saturated carbocycles. The Morgan fingerprint density at radius 1 is 1.07 bits per heavy atom. The molecule has 0 N–H and O–H groups in total. The highest BCUT2D eigenvalue weighted by Gasteiger charge is 2.35. The summed E-state index contributed by atoms with van der Waals surface area (Å²) in [6, 6.07) is 3.74. The summed E-state index contributed by atoms with van der Waals surface area (Å²) < 4.78 is 57.1. The highest BCUT2D eigenvalue weighted by Crippen LogP contribution is 2.28. The molecule has 0 spiro atoms. The molecule has 0 atom stereocenters. The van der Waals surface area contributed by atoms with Gasteiger partial charge in [0.25, 0.3) is 10.2 Å². The van der Waals surface area contributed by atoms with Crippen molar-refractivity contribution in [2.75, 3.05) is 38.1 Å². The van der Waals surface area contributed by atoms with Crippen LogP contribution in [0.5, 0.6) is 0 Å². The number of rotatable bonds is 4. The van der Waals surface area contributed by atoms with E-state index in [1.165, 1.54) is 13.5 Å². The van der Waals surface area contributed by atoms with Crippen molar-refractivity contribution < 1.29 is 17.2 Å². The van der Waals surface area contributed by atoms with E-state index in [9.17, 15) is 17.2 Å². The first-order valence-electron chi connectivity index (χ1n) is 9.22. The molecule has 1 aliphatic heterocycles. The Balaban J connectivity index is 1.69. The monoisotopic (exact) mass is 398 g/mol. The lowest BCUT2D eigenvalue weighted by atomic mass is 9.96. The van der Waals surface area contributed by atoms with Crippen molar-refractivity contribution in [1.29, 1.82) is 5.26 Å². The zero-order chi connectivity index (χ0) is 19.6. The number of nitriles is 1. The summed E-state index contributed by atoms with van der Waals surface area (Å²) in [5.41, 5.74) is -0.282. The van der Waals surface area contributed by atoms with Crippen LogP contribution in [0.4, 0.5) is 14.5 Å². The maximum absolute atomic E-state index is 14.2. The molecule has 0 bridgehead atoms. The largest absolute Gasteiger partial charge is 0.364 e. The molecule has 1 aliphatic carbocycles. The van der Waals surface area contributed by atoms with Gasteiger partial charge < -0.3 is 4.90 Å². The summed E-state index contributed by atoms with van der Waals surface area (Å²) >= 11 is 0. The van der Waals surface area contributed by atoms with Gasteiger partial charge in [0.15, 0.2) is 11.6 Å². The van der Waals surface area contributed by atoms with Gasteiger partial charge in [-0.05, 0) is 25.0 Å². The Hall–Kier alpha value is -1.76. The highest BCUT2D eigenvalue weighted by molar-refractivity contribution is 7.86. The van der Waals surface area contributed by atoms with Crippen LogP contribution in [0, 0.1) is 23.0 Å². The van der Waals surface area contributed by atoms with Crippen LogP contribution in [0.2, 0.25) is 0 Å². The third-order valence-corrected chi connectivity index (χ3v) is 7.52. The summed E-state index contributed by atoms with van der Waals surface area (Å²) in [5, 5.41) is 8.80. The van der Waals surface area contributed by atoms with E-state index in [2.05, 4.69) is 0 Å². The average Bonchev–Trinajstić information content (AvgIpc) is 2.67. The van der Waals surface area contributed by atoms with Gasteiger partial charge >= 0.3 is 0 Å². The number of anilines is 1. The molecule has 0 unspecified atom stereocenters. The predicted molar refractivity (Wildman–Crippen MR) is 98.4 cm³/mol.